The minimum Gasteiger partial charge on any atom is -0.399 e. The zero-order valence-corrected chi connectivity index (χ0v) is 13.3. The van der Waals surface area contributed by atoms with Crippen LogP contribution < -0.4 is 11.1 Å². The Bertz CT molecular complexity index is 618. The molecule has 3 N–H and O–H groups in total. The van der Waals surface area contributed by atoms with Gasteiger partial charge in [-0.05, 0) is 53.3 Å². The highest BCUT2D eigenvalue weighted by atomic mass is 79.9. The number of anilines is 2. The van der Waals surface area contributed by atoms with Crippen LogP contribution in [0.25, 0.3) is 0 Å². The normalized spacial score (nSPS) is 10.6. The highest BCUT2D eigenvalue weighted by Crippen LogP contribution is 2.24. The average molecular weight is 349 g/mol. The number of hydrogen-bond donors (Lipinski definition) is 2. The number of carbonyl (C=O) groups excluding carboxylic acids is 1. The summed E-state index contributed by atoms with van der Waals surface area (Å²) in [5.41, 5.74) is 7.95. The van der Waals surface area contributed by atoms with Gasteiger partial charge in [0.05, 0.1) is 17.9 Å². The Balaban J connectivity index is 1.89. The van der Waals surface area contributed by atoms with Gasteiger partial charge >= 0.3 is 0 Å². The molecule has 1 aromatic heterocycles. The molecule has 110 valence electrons. The first-order valence-electron chi connectivity index (χ1n) is 6.48. The largest absolute Gasteiger partial charge is 0.399 e. The van der Waals surface area contributed by atoms with E-state index >= 15 is 0 Å². The summed E-state index contributed by atoms with van der Waals surface area (Å²) in [7, 11) is 1.88. The molecule has 6 heteroatoms. The van der Waals surface area contributed by atoms with E-state index < -0.39 is 0 Å². The van der Waals surface area contributed by atoms with Crippen molar-refractivity contribution in [2.45, 2.75) is 6.54 Å². The molecule has 2 rings (SSSR count). The maximum absolute atomic E-state index is 12.0. The van der Waals surface area contributed by atoms with Crippen LogP contribution in [-0.4, -0.2) is 29.4 Å². The summed E-state index contributed by atoms with van der Waals surface area (Å²) in [6.07, 6.45) is 1.74. The molecule has 0 atom stereocenters. The van der Waals surface area contributed by atoms with E-state index in [2.05, 4.69) is 26.2 Å². The second kappa shape index (κ2) is 7.19. The molecule has 0 saturated carbocycles. The number of aromatic nitrogens is 1. The Hall–Kier alpha value is -1.92. The quantitative estimate of drug-likeness (QED) is 0.814. The summed E-state index contributed by atoms with van der Waals surface area (Å²) in [5.74, 6) is -0.0843. The first kappa shape index (κ1) is 15.5. The van der Waals surface area contributed by atoms with Crippen LogP contribution in [0.5, 0.6) is 0 Å². The second-order valence-electron chi connectivity index (χ2n) is 4.78. The van der Waals surface area contributed by atoms with Gasteiger partial charge in [0.25, 0.3) is 0 Å². The van der Waals surface area contributed by atoms with E-state index in [0.29, 0.717) is 17.9 Å². The predicted molar refractivity (Wildman–Crippen MR) is 87.8 cm³/mol. The topological polar surface area (TPSA) is 71.2 Å². The number of likely N-dealkylation sites (N-methyl/N-ethyl adjacent to an activating group) is 1. The van der Waals surface area contributed by atoms with E-state index in [1.165, 1.54) is 0 Å². The highest BCUT2D eigenvalue weighted by molar-refractivity contribution is 9.10. The molecule has 0 aliphatic rings. The van der Waals surface area contributed by atoms with Gasteiger partial charge in [0.15, 0.2) is 0 Å². The molecule has 1 heterocycles. The van der Waals surface area contributed by atoms with Gasteiger partial charge in [-0.1, -0.05) is 6.07 Å². The number of benzene rings is 1. The molecule has 0 aliphatic heterocycles. The van der Waals surface area contributed by atoms with Crippen molar-refractivity contribution < 1.29 is 4.79 Å². The summed E-state index contributed by atoms with van der Waals surface area (Å²) >= 11 is 3.38. The van der Waals surface area contributed by atoms with Gasteiger partial charge in [0.1, 0.15) is 0 Å². The van der Waals surface area contributed by atoms with Crippen molar-refractivity contribution >= 4 is 33.2 Å². The molecule has 2 aromatic rings. The number of halogens is 1. The van der Waals surface area contributed by atoms with Gasteiger partial charge in [0.2, 0.25) is 5.91 Å². The average Bonchev–Trinajstić information content (AvgIpc) is 2.43. The van der Waals surface area contributed by atoms with E-state index in [4.69, 9.17) is 5.73 Å². The number of pyridine rings is 1. The van der Waals surface area contributed by atoms with Gasteiger partial charge in [0, 0.05) is 22.9 Å². The van der Waals surface area contributed by atoms with Crippen molar-refractivity contribution in [3.63, 3.8) is 0 Å². The molecule has 0 spiro atoms. The van der Waals surface area contributed by atoms with Gasteiger partial charge in [-0.2, -0.15) is 0 Å². The summed E-state index contributed by atoms with van der Waals surface area (Å²) in [5, 5.41) is 2.85. The fourth-order valence-electron chi connectivity index (χ4n) is 1.89. The minimum atomic E-state index is -0.0843. The van der Waals surface area contributed by atoms with Crippen molar-refractivity contribution in [1.29, 1.82) is 0 Å². The molecule has 1 amide bonds. The third-order valence-electron chi connectivity index (χ3n) is 2.84. The molecule has 0 fully saturated rings. The smallest absolute Gasteiger partial charge is 0.238 e. The standard InChI is InChI=1S/C15H17BrN4O/c1-20(9-12-4-2-3-7-18-12)10-15(21)19-14-6-5-11(17)8-13(14)16/h2-8H,9-10,17H2,1H3,(H,19,21). The lowest BCUT2D eigenvalue weighted by molar-refractivity contribution is -0.117. The van der Waals surface area contributed by atoms with Crippen LogP contribution >= 0.6 is 15.9 Å². The Morgan fingerprint density at radius 3 is 2.86 bits per heavy atom. The van der Waals surface area contributed by atoms with Gasteiger partial charge in [-0.3, -0.25) is 14.7 Å². The lowest BCUT2D eigenvalue weighted by Crippen LogP contribution is -2.30. The Morgan fingerprint density at radius 2 is 2.19 bits per heavy atom. The first-order chi connectivity index (χ1) is 10.0. The number of nitrogen functional groups attached to an aromatic ring is 1. The summed E-state index contributed by atoms with van der Waals surface area (Å²) < 4.78 is 0.767. The lowest BCUT2D eigenvalue weighted by Gasteiger charge is -2.16. The van der Waals surface area contributed by atoms with Crippen LogP contribution in [0.4, 0.5) is 11.4 Å². The van der Waals surface area contributed by atoms with Crippen LogP contribution in [0, 0.1) is 0 Å². The Kier molecular flexibility index (Phi) is 5.30. The van der Waals surface area contributed by atoms with Crippen molar-refractivity contribution in [2.24, 2.45) is 0 Å². The number of carbonyl (C=O) groups is 1. The number of nitrogens with zero attached hydrogens (tertiary/aromatic N) is 2. The van der Waals surface area contributed by atoms with E-state index in [1.54, 1.807) is 24.4 Å². The molecule has 0 saturated heterocycles. The molecule has 1 aromatic carbocycles. The third kappa shape index (κ3) is 4.84. The van der Waals surface area contributed by atoms with Crippen LogP contribution in [0.15, 0.2) is 47.1 Å². The number of nitrogens with one attached hydrogen (secondary N) is 1. The third-order valence-corrected chi connectivity index (χ3v) is 3.49. The van der Waals surface area contributed by atoms with Crippen molar-refractivity contribution in [1.82, 2.24) is 9.88 Å². The molecule has 0 unspecified atom stereocenters. The molecule has 0 radical (unpaired) electrons. The Labute approximate surface area is 132 Å². The van der Waals surface area contributed by atoms with Gasteiger partial charge < -0.3 is 11.1 Å². The fourth-order valence-corrected chi connectivity index (χ4v) is 2.39. The molecule has 5 nitrogen and oxygen atoms in total. The van der Waals surface area contributed by atoms with Crippen molar-refractivity contribution in [3.05, 3.63) is 52.8 Å². The van der Waals surface area contributed by atoms with E-state index in [-0.39, 0.29) is 12.5 Å². The lowest BCUT2D eigenvalue weighted by atomic mass is 10.3. The zero-order valence-electron chi connectivity index (χ0n) is 11.7. The molecular formula is C15H17BrN4O. The van der Waals surface area contributed by atoms with Crippen molar-refractivity contribution in [3.8, 4) is 0 Å². The van der Waals surface area contributed by atoms with Gasteiger partial charge in [-0.15, -0.1) is 0 Å². The highest BCUT2D eigenvalue weighted by Gasteiger charge is 2.09. The Morgan fingerprint density at radius 1 is 1.38 bits per heavy atom. The van der Waals surface area contributed by atoms with Gasteiger partial charge in [-0.25, -0.2) is 0 Å². The maximum Gasteiger partial charge on any atom is 0.238 e. The number of amides is 1. The van der Waals surface area contributed by atoms with E-state index in [1.807, 2.05) is 30.1 Å². The minimum absolute atomic E-state index is 0.0843. The summed E-state index contributed by atoms with van der Waals surface area (Å²) in [6, 6.07) is 11.0. The monoisotopic (exact) mass is 348 g/mol. The molecule has 0 aliphatic carbocycles. The van der Waals surface area contributed by atoms with Crippen molar-refractivity contribution in [2.75, 3.05) is 24.6 Å². The summed E-state index contributed by atoms with van der Waals surface area (Å²) in [4.78, 5) is 18.2. The zero-order chi connectivity index (χ0) is 15.2. The molecule has 21 heavy (non-hydrogen) atoms. The molecule has 0 bridgehead atoms. The molecular weight excluding hydrogens is 332 g/mol. The van der Waals surface area contributed by atoms with E-state index in [9.17, 15) is 4.79 Å². The van der Waals surface area contributed by atoms with Crippen LogP contribution in [0.1, 0.15) is 5.69 Å². The van der Waals surface area contributed by atoms with Crippen LogP contribution in [0.2, 0.25) is 0 Å². The predicted octanol–water partition coefficient (Wildman–Crippen LogP) is 2.50. The van der Waals surface area contributed by atoms with Crippen LogP contribution in [-0.2, 0) is 11.3 Å². The SMILES string of the molecule is CN(CC(=O)Nc1ccc(N)cc1Br)Cc1ccccn1. The number of nitrogens with two attached hydrogens (primary N) is 1. The summed E-state index contributed by atoms with van der Waals surface area (Å²) in [6.45, 7) is 0.907. The van der Waals surface area contributed by atoms with E-state index in [0.717, 1.165) is 10.2 Å². The van der Waals surface area contributed by atoms with Crippen LogP contribution in [0.3, 0.4) is 0 Å². The fraction of sp³-hybridized carbons (Fsp3) is 0.200. The maximum atomic E-state index is 12.0. The first-order valence-corrected chi connectivity index (χ1v) is 7.27. The number of rotatable bonds is 5. The second-order valence-corrected chi connectivity index (χ2v) is 5.64. The number of hydrogen-bond acceptors (Lipinski definition) is 4.